The predicted molar refractivity (Wildman–Crippen MR) is 75.5 cm³/mol. The van der Waals surface area contributed by atoms with Gasteiger partial charge in [0.15, 0.2) is 0 Å². The van der Waals surface area contributed by atoms with Gasteiger partial charge in [0.25, 0.3) is 0 Å². The molecule has 0 amide bonds. The highest BCUT2D eigenvalue weighted by molar-refractivity contribution is 6.88. The molecule has 0 N–H and O–H groups in total. The number of piperidine rings is 1. The zero-order valence-corrected chi connectivity index (χ0v) is 11.8. The van der Waals surface area contributed by atoms with E-state index >= 15 is 0 Å². The standard InChI is InChI=1S/C14H23NSi/c1-16(2,3)14-9-7-13(8-10-14)15-11-5-4-6-12-15/h7-10H,4-6,11-12H2,1-3H3. The third kappa shape index (κ3) is 2.67. The van der Waals surface area contributed by atoms with Gasteiger partial charge in [-0.3, -0.25) is 0 Å². The first-order valence-corrected chi connectivity index (χ1v) is 9.93. The van der Waals surface area contributed by atoms with Gasteiger partial charge < -0.3 is 4.90 Å². The summed E-state index contributed by atoms with van der Waals surface area (Å²) in [5, 5.41) is 1.56. The first-order valence-electron chi connectivity index (χ1n) is 6.43. The molecule has 1 nitrogen and oxygen atoms in total. The Morgan fingerprint density at radius 1 is 0.875 bits per heavy atom. The highest BCUT2D eigenvalue weighted by atomic mass is 28.3. The minimum absolute atomic E-state index is 1.12. The molecular formula is C14H23NSi. The van der Waals surface area contributed by atoms with Crippen LogP contribution in [0.1, 0.15) is 19.3 Å². The fourth-order valence-electron chi connectivity index (χ4n) is 2.32. The predicted octanol–water partition coefficient (Wildman–Crippen LogP) is 3.22. The second-order valence-electron chi connectivity index (χ2n) is 5.84. The van der Waals surface area contributed by atoms with Crippen molar-refractivity contribution in [2.24, 2.45) is 0 Å². The minimum atomic E-state index is -1.12. The lowest BCUT2D eigenvalue weighted by molar-refractivity contribution is 0.578. The molecule has 0 bridgehead atoms. The van der Waals surface area contributed by atoms with E-state index in [0.29, 0.717) is 0 Å². The van der Waals surface area contributed by atoms with Gasteiger partial charge in [-0.1, -0.05) is 37.0 Å². The molecule has 1 saturated heterocycles. The van der Waals surface area contributed by atoms with E-state index in [-0.39, 0.29) is 0 Å². The van der Waals surface area contributed by atoms with Crippen LogP contribution >= 0.6 is 0 Å². The van der Waals surface area contributed by atoms with Crippen LogP contribution in [0.5, 0.6) is 0 Å². The monoisotopic (exact) mass is 233 g/mol. The molecule has 2 rings (SSSR count). The molecule has 1 aromatic rings. The van der Waals surface area contributed by atoms with Gasteiger partial charge in [-0.25, -0.2) is 0 Å². The lowest BCUT2D eigenvalue weighted by Gasteiger charge is -2.29. The molecule has 2 heteroatoms. The van der Waals surface area contributed by atoms with E-state index < -0.39 is 8.07 Å². The van der Waals surface area contributed by atoms with Crippen LogP contribution in [0, 0.1) is 0 Å². The van der Waals surface area contributed by atoms with Crippen molar-refractivity contribution in [3.8, 4) is 0 Å². The smallest absolute Gasteiger partial charge is 0.0775 e. The molecule has 0 atom stereocenters. The van der Waals surface area contributed by atoms with Crippen LogP contribution in [0.2, 0.25) is 19.6 Å². The summed E-state index contributed by atoms with van der Waals surface area (Å²) in [6.45, 7) is 9.70. The fraction of sp³-hybridized carbons (Fsp3) is 0.571. The van der Waals surface area contributed by atoms with Crippen LogP contribution in [0.3, 0.4) is 0 Å². The number of hydrogen-bond donors (Lipinski definition) is 0. The highest BCUT2D eigenvalue weighted by Gasteiger charge is 2.17. The Morgan fingerprint density at radius 3 is 1.94 bits per heavy atom. The summed E-state index contributed by atoms with van der Waals surface area (Å²) < 4.78 is 0. The largest absolute Gasteiger partial charge is 0.372 e. The van der Waals surface area contributed by atoms with Gasteiger partial charge in [0.2, 0.25) is 0 Å². The molecule has 1 aliphatic rings. The first kappa shape index (κ1) is 11.7. The average molecular weight is 233 g/mol. The Bertz CT molecular complexity index is 331. The zero-order chi connectivity index (χ0) is 11.6. The first-order chi connectivity index (χ1) is 7.57. The van der Waals surface area contributed by atoms with Crippen molar-refractivity contribution in [2.45, 2.75) is 38.9 Å². The lowest BCUT2D eigenvalue weighted by Crippen LogP contribution is -2.37. The Kier molecular flexibility index (Phi) is 3.38. The van der Waals surface area contributed by atoms with Crippen molar-refractivity contribution < 1.29 is 0 Å². The number of hydrogen-bond acceptors (Lipinski definition) is 1. The summed E-state index contributed by atoms with van der Waals surface area (Å²) in [5.41, 5.74) is 1.42. The molecule has 0 saturated carbocycles. The van der Waals surface area contributed by atoms with Gasteiger partial charge in [-0.15, -0.1) is 0 Å². The van der Waals surface area contributed by atoms with Crippen molar-refractivity contribution in [3.05, 3.63) is 24.3 Å². The second kappa shape index (κ2) is 4.62. The molecule has 1 fully saturated rings. The molecular weight excluding hydrogens is 210 g/mol. The molecule has 1 heterocycles. The van der Waals surface area contributed by atoms with Crippen LogP contribution in [0.4, 0.5) is 5.69 Å². The van der Waals surface area contributed by atoms with E-state index in [1.807, 2.05) is 0 Å². The summed E-state index contributed by atoms with van der Waals surface area (Å²) in [6, 6.07) is 9.32. The quantitative estimate of drug-likeness (QED) is 0.709. The maximum absolute atomic E-state index is 2.53. The topological polar surface area (TPSA) is 3.24 Å². The van der Waals surface area contributed by atoms with Gasteiger partial charge in [0.05, 0.1) is 8.07 Å². The van der Waals surface area contributed by atoms with Crippen molar-refractivity contribution in [1.82, 2.24) is 0 Å². The third-order valence-electron chi connectivity index (χ3n) is 3.45. The Labute approximate surface area is 100 Å². The van der Waals surface area contributed by atoms with Crippen LogP contribution < -0.4 is 10.1 Å². The Hall–Kier alpha value is -0.763. The summed E-state index contributed by atoms with van der Waals surface area (Å²) in [4.78, 5) is 2.53. The van der Waals surface area contributed by atoms with Gasteiger partial charge in [0, 0.05) is 18.8 Å². The number of nitrogens with zero attached hydrogens (tertiary/aromatic N) is 1. The molecule has 0 unspecified atom stereocenters. The molecule has 16 heavy (non-hydrogen) atoms. The molecule has 0 radical (unpaired) electrons. The summed E-state index contributed by atoms with van der Waals surface area (Å²) >= 11 is 0. The van der Waals surface area contributed by atoms with Gasteiger partial charge in [-0.05, 0) is 31.4 Å². The van der Waals surface area contributed by atoms with Crippen LogP contribution in [0.15, 0.2) is 24.3 Å². The van der Waals surface area contributed by atoms with E-state index in [4.69, 9.17) is 0 Å². The fourth-order valence-corrected chi connectivity index (χ4v) is 3.49. The molecule has 0 spiro atoms. The van der Waals surface area contributed by atoms with E-state index in [2.05, 4.69) is 48.8 Å². The lowest BCUT2D eigenvalue weighted by atomic mass is 10.1. The maximum atomic E-state index is 2.53. The normalized spacial score (nSPS) is 17.6. The van der Waals surface area contributed by atoms with Gasteiger partial charge in [0.1, 0.15) is 0 Å². The van der Waals surface area contributed by atoms with Gasteiger partial charge >= 0.3 is 0 Å². The highest BCUT2D eigenvalue weighted by Crippen LogP contribution is 2.19. The molecule has 88 valence electrons. The summed E-state index contributed by atoms with van der Waals surface area (Å²) in [7, 11) is -1.12. The van der Waals surface area contributed by atoms with E-state index in [0.717, 1.165) is 0 Å². The molecule has 0 aromatic heterocycles. The van der Waals surface area contributed by atoms with Crippen LogP contribution in [0.25, 0.3) is 0 Å². The van der Waals surface area contributed by atoms with E-state index in [1.165, 1.54) is 38.0 Å². The van der Waals surface area contributed by atoms with E-state index in [1.54, 1.807) is 5.19 Å². The third-order valence-corrected chi connectivity index (χ3v) is 5.52. The second-order valence-corrected chi connectivity index (χ2v) is 10.9. The number of rotatable bonds is 2. The van der Waals surface area contributed by atoms with E-state index in [9.17, 15) is 0 Å². The van der Waals surface area contributed by atoms with Crippen LogP contribution in [-0.4, -0.2) is 21.2 Å². The van der Waals surface area contributed by atoms with Crippen molar-refractivity contribution in [2.75, 3.05) is 18.0 Å². The van der Waals surface area contributed by atoms with Gasteiger partial charge in [-0.2, -0.15) is 0 Å². The van der Waals surface area contributed by atoms with Crippen molar-refractivity contribution in [3.63, 3.8) is 0 Å². The molecule has 1 aliphatic heterocycles. The number of benzene rings is 1. The maximum Gasteiger partial charge on any atom is 0.0775 e. The summed E-state index contributed by atoms with van der Waals surface area (Å²) in [5.74, 6) is 0. The SMILES string of the molecule is C[Si](C)(C)c1ccc(N2CCCCC2)cc1. The van der Waals surface area contributed by atoms with Crippen molar-refractivity contribution >= 4 is 18.9 Å². The minimum Gasteiger partial charge on any atom is -0.372 e. The molecule has 1 aromatic carbocycles. The zero-order valence-electron chi connectivity index (χ0n) is 10.8. The average Bonchev–Trinajstić information content (AvgIpc) is 2.29. The summed E-state index contributed by atoms with van der Waals surface area (Å²) in [6.07, 6.45) is 4.12. The Balaban J connectivity index is 2.12. The molecule has 0 aliphatic carbocycles. The van der Waals surface area contributed by atoms with Crippen molar-refractivity contribution in [1.29, 1.82) is 0 Å². The number of anilines is 1. The van der Waals surface area contributed by atoms with Crippen LogP contribution in [-0.2, 0) is 0 Å². The Morgan fingerprint density at radius 2 is 1.44 bits per heavy atom.